The lowest BCUT2D eigenvalue weighted by Gasteiger charge is -2.24. The first-order valence-corrected chi connectivity index (χ1v) is 5.43. The van der Waals surface area contributed by atoms with E-state index >= 15 is 0 Å². The molecule has 3 nitrogen and oxygen atoms in total. The van der Waals surface area contributed by atoms with Crippen molar-refractivity contribution in [2.24, 2.45) is 5.73 Å². The highest BCUT2D eigenvalue weighted by molar-refractivity contribution is 5.65. The highest BCUT2D eigenvalue weighted by Gasteiger charge is 2.21. The van der Waals surface area contributed by atoms with Crippen LogP contribution in [0.4, 0.5) is 4.79 Å². The number of ether oxygens (including phenoxy) is 1. The largest absolute Gasteiger partial charge is 0.443 e. The number of primary amides is 1. The predicted molar refractivity (Wildman–Crippen MR) is 67.4 cm³/mol. The summed E-state index contributed by atoms with van der Waals surface area (Å²) in [6.07, 6.45) is 5.73. The summed E-state index contributed by atoms with van der Waals surface area (Å²) in [7, 11) is 0. The number of carbonyl (C=O) groups excluding carboxylic acids is 1. The number of amides is 1. The van der Waals surface area contributed by atoms with Crippen molar-refractivity contribution in [3.63, 3.8) is 0 Å². The Kier molecular flexibility index (Phi) is 4.17. The van der Waals surface area contributed by atoms with Crippen LogP contribution >= 0.6 is 0 Å². The van der Waals surface area contributed by atoms with Gasteiger partial charge in [0.2, 0.25) is 0 Å². The van der Waals surface area contributed by atoms with Gasteiger partial charge in [0.25, 0.3) is 0 Å². The van der Waals surface area contributed by atoms with Gasteiger partial charge in [-0.3, -0.25) is 0 Å². The van der Waals surface area contributed by atoms with Gasteiger partial charge in [-0.1, -0.05) is 24.3 Å². The lowest BCUT2D eigenvalue weighted by Crippen LogP contribution is -2.33. The van der Waals surface area contributed by atoms with E-state index in [1.807, 2.05) is 38.1 Å². The highest BCUT2D eigenvalue weighted by atomic mass is 16.6. The molecule has 0 saturated heterocycles. The standard InChI is InChI=1S/C14H17NO2/c1-4-5-11-6-8-12(9-7-11)10-14(2,3)17-13(15)16/h1,6-9H,5,10H2,2-3H3,(H2,15,16). The van der Waals surface area contributed by atoms with Crippen molar-refractivity contribution >= 4 is 6.09 Å². The summed E-state index contributed by atoms with van der Waals surface area (Å²) in [5.74, 6) is 2.59. The first-order chi connectivity index (χ1) is 7.93. The molecular formula is C14H17NO2. The maximum Gasteiger partial charge on any atom is 0.405 e. The van der Waals surface area contributed by atoms with E-state index in [-0.39, 0.29) is 0 Å². The van der Waals surface area contributed by atoms with E-state index in [1.165, 1.54) is 0 Å². The van der Waals surface area contributed by atoms with E-state index in [0.29, 0.717) is 12.8 Å². The molecule has 0 unspecified atom stereocenters. The van der Waals surface area contributed by atoms with Crippen molar-refractivity contribution < 1.29 is 9.53 Å². The topological polar surface area (TPSA) is 52.3 Å². The lowest BCUT2D eigenvalue weighted by molar-refractivity contribution is 0.0460. The van der Waals surface area contributed by atoms with Crippen molar-refractivity contribution in [3.05, 3.63) is 35.4 Å². The number of benzene rings is 1. The first kappa shape index (κ1) is 13.1. The number of hydrogen-bond acceptors (Lipinski definition) is 2. The van der Waals surface area contributed by atoms with E-state index in [0.717, 1.165) is 11.1 Å². The van der Waals surface area contributed by atoms with Crippen LogP contribution in [0.15, 0.2) is 24.3 Å². The molecule has 0 fully saturated rings. The minimum atomic E-state index is -0.751. The zero-order valence-corrected chi connectivity index (χ0v) is 10.2. The van der Waals surface area contributed by atoms with Crippen LogP contribution in [0.2, 0.25) is 0 Å². The molecule has 3 heteroatoms. The van der Waals surface area contributed by atoms with Crippen LogP contribution < -0.4 is 5.73 Å². The molecule has 0 atom stereocenters. The Morgan fingerprint density at radius 2 is 1.88 bits per heavy atom. The van der Waals surface area contributed by atoms with Gasteiger partial charge in [0.15, 0.2) is 0 Å². The second kappa shape index (κ2) is 5.40. The van der Waals surface area contributed by atoms with Crippen molar-refractivity contribution in [2.75, 3.05) is 0 Å². The minimum absolute atomic E-state index is 0.598. The fourth-order valence-electron chi connectivity index (χ4n) is 1.69. The number of terminal acetylenes is 1. The summed E-state index contributed by atoms with van der Waals surface area (Å²) in [5, 5.41) is 0. The molecule has 0 spiro atoms. The number of hydrogen-bond donors (Lipinski definition) is 1. The number of nitrogens with two attached hydrogens (primary N) is 1. The monoisotopic (exact) mass is 231 g/mol. The lowest BCUT2D eigenvalue weighted by atomic mass is 9.97. The van der Waals surface area contributed by atoms with Crippen molar-refractivity contribution in [1.82, 2.24) is 0 Å². The molecule has 2 N–H and O–H groups in total. The molecule has 0 aromatic heterocycles. The Labute approximate surface area is 102 Å². The van der Waals surface area contributed by atoms with Crippen LogP contribution in [0.25, 0.3) is 0 Å². The molecule has 1 rings (SSSR count). The maximum atomic E-state index is 10.7. The number of rotatable bonds is 4. The SMILES string of the molecule is C#CCc1ccc(CC(C)(C)OC(N)=O)cc1. The molecule has 0 saturated carbocycles. The van der Waals surface area contributed by atoms with Crippen LogP contribution in [-0.2, 0) is 17.6 Å². The van der Waals surface area contributed by atoms with E-state index in [9.17, 15) is 4.79 Å². The predicted octanol–water partition coefficient (Wildman–Crippen LogP) is 2.28. The number of carbonyl (C=O) groups is 1. The van der Waals surface area contributed by atoms with Gasteiger partial charge in [0.1, 0.15) is 5.60 Å². The van der Waals surface area contributed by atoms with Gasteiger partial charge >= 0.3 is 6.09 Å². The molecule has 0 aliphatic heterocycles. The van der Waals surface area contributed by atoms with E-state index in [4.69, 9.17) is 16.9 Å². The molecule has 0 bridgehead atoms. The Bertz CT molecular complexity index is 427. The third-order valence-electron chi connectivity index (χ3n) is 2.34. The summed E-state index contributed by atoms with van der Waals surface area (Å²) in [6.45, 7) is 3.65. The van der Waals surface area contributed by atoms with Crippen molar-refractivity contribution in [1.29, 1.82) is 0 Å². The summed E-state index contributed by atoms with van der Waals surface area (Å²) >= 11 is 0. The van der Waals surface area contributed by atoms with Crippen molar-refractivity contribution in [2.45, 2.75) is 32.3 Å². The third kappa shape index (κ3) is 4.60. The van der Waals surface area contributed by atoms with Gasteiger partial charge in [-0.2, -0.15) is 0 Å². The van der Waals surface area contributed by atoms with Crippen LogP contribution in [0.5, 0.6) is 0 Å². The smallest absolute Gasteiger partial charge is 0.405 e. The van der Waals surface area contributed by atoms with Gasteiger partial charge in [0.05, 0.1) is 0 Å². The molecular weight excluding hydrogens is 214 g/mol. The molecule has 0 aliphatic carbocycles. The Morgan fingerprint density at radius 3 is 2.35 bits per heavy atom. The van der Waals surface area contributed by atoms with E-state index in [2.05, 4.69) is 5.92 Å². The van der Waals surface area contributed by atoms with E-state index < -0.39 is 11.7 Å². The summed E-state index contributed by atoms with van der Waals surface area (Å²) < 4.78 is 5.03. The van der Waals surface area contributed by atoms with Gasteiger partial charge < -0.3 is 10.5 Å². The molecule has 0 heterocycles. The van der Waals surface area contributed by atoms with Crippen LogP contribution in [0.3, 0.4) is 0 Å². The van der Waals surface area contributed by atoms with Crippen LogP contribution in [0.1, 0.15) is 25.0 Å². The highest BCUT2D eigenvalue weighted by Crippen LogP contribution is 2.17. The van der Waals surface area contributed by atoms with Crippen LogP contribution in [0, 0.1) is 12.3 Å². The van der Waals surface area contributed by atoms with E-state index in [1.54, 1.807) is 0 Å². The Hall–Kier alpha value is -1.95. The van der Waals surface area contributed by atoms with Gasteiger partial charge in [0, 0.05) is 12.8 Å². The quantitative estimate of drug-likeness (QED) is 0.808. The molecule has 0 radical (unpaired) electrons. The van der Waals surface area contributed by atoms with Gasteiger partial charge in [-0.25, -0.2) is 4.79 Å². The molecule has 0 aliphatic rings. The fraction of sp³-hybridized carbons (Fsp3) is 0.357. The van der Waals surface area contributed by atoms with Crippen LogP contribution in [-0.4, -0.2) is 11.7 Å². The second-order valence-corrected chi connectivity index (χ2v) is 4.55. The fourth-order valence-corrected chi connectivity index (χ4v) is 1.69. The van der Waals surface area contributed by atoms with Crippen molar-refractivity contribution in [3.8, 4) is 12.3 Å². The first-order valence-electron chi connectivity index (χ1n) is 5.43. The molecule has 1 aromatic rings. The second-order valence-electron chi connectivity index (χ2n) is 4.55. The third-order valence-corrected chi connectivity index (χ3v) is 2.34. The normalized spacial score (nSPS) is 10.6. The minimum Gasteiger partial charge on any atom is -0.443 e. The molecule has 1 aromatic carbocycles. The molecule has 1 amide bonds. The molecule has 90 valence electrons. The van der Waals surface area contributed by atoms with Gasteiger partial charge in [-0.05, 0) is 25.0 Å². The average Bonchev–Trinajstić information content (AvgIpc) is 2.18. The average molecular weight is 231 g/mol. The molecule has 17 heavy (non-hydrogen) atoms. The summed E-state index contributed by atoms with van der Waals surface area (Å²) in [4.78, 5) is 10.7. The Morgan fingerprint density at radius 1 is 1.35 bits per heavy atom. The summed E-state index contributed by atoms with van der Waals surface area (Å²) in [5.41, 5.74) is 6.60. The maximum absolute atomic E-state index is 10.7. The summed E-state index contributed by atoms with van der Waals surface area (Å²) in [6, 6.07) is 7.93. The Balaban J connectivity index is 2.69. The zero-order chi connectivity index (χ0) is 12.9. The van der Waals surface area contributed by atoms with Gasteiger partial charge in [-0.15, -0.1) is 12.3 Å². The zero-order valence-electron chi connectivity index (χ0n) is 10.2.